The normalized spacial score (nSPS) is 16.2. The maximum absolute atomic E-state index is 4.34. The SMILES string of the molecule is Cc1nnn2c1-c1ccc(Br)cc1C(Nc1ccc3cc[nH]c3c1)CC2. The Bertz CT molecular complexity index is 1110. The lowest BCUT2D eigenvalue weighted by Gasteiger charge is -2.21. The second-order valence-electron chi connectivity index (χ2n) is 6.74. The lowest BCUT2D eigenvalue weighted by atomic mass is 9.96. The van der Waals surface area contributed by atoms with E-state index >= 15 is 0 Å². The van der Waals surface area contributed by atoms with E-state index in [1.807, 2.05) is 17.8 Å². The van der Waals surface area contributed by atoms with Crippen molar-refractivity contribution in [1.82, 2.24) is 20.0 Å². The number of fused-ring (bicyclic) bond motifs is 4. The van der Waals surface area contributed by atoms with Gasteiger partial charge in [0, 0.05) is 34.0 Å². The first-order valence-corrected chi connectivity index (χ1v) is 9.52. The molecule has 130 valence electrons. The molecule has 1 aliphatic heterocycles. The molecule has 1 unspecified atom stereocenters. The van der Waals surface area contributed by atoms with Crippen LogP contribution in [0.1, 0.15) is 23.7 Å². The van der Waals surface area contributed by atoms with Gasteiger partial charge in [0.25, 0.3) is 0 Å². The number of halogens is 1. The summed E-state index contributed by atoms with van der Waals surface area (Å²) >= 11 is 3.63. The van der Waals surface area contributed by atoms with Crippen molar-refractivity contribution in [2.45, 2.75) is 25.9 Å². The van der Waals surface area contributed by atoms with E-state index in [0.29, 0.717) is 0 Å². The van der Waals surface area contributed by atoms with Crippen molar-refractivity contribution < 1.29 is 0 Å². The van der Waals surface area contributed by atoms with Gasteiger partial charge in [-0.25, -0.2) is 4.68 Å². The summed E-state index contributed by atoms with van der Waals surface area (Å²) in [6.07, 6.45) is 2.92. The summed E-state index contributed by atoms with van der Waals surface area (Å²) < 4.78 is 3.11. The van der Waals surface area contributed by atoms with Gasteiger partial charge < -0.3 is 10.3 Å². The van der Waals surface area contributed by atoms with Gasteiger partial charge in [-0.1, -0.05) is 33.3 Å². The third-order valence-corrected chi connectivity index (χ3v) is 5.57. The number of rotatable bonds is 2. The molecular formula is C20H18BrN5. The summed E-state index contributed by atoms with van der Waals surface area (Å²) in [5.41, 5.74) is 6.83. The Morgan fingerprint density at radius 1 is 1.19 bits per heavy atom. The monoisotopic (exact) mass is 407 g/mol. The highest BCUT2D eigenvalue weighted by atomic mass is 79.9. The van der Waals surface area contributed by atoms with Crippen molar-refractivity contribution in [3.63, 3.8) is 0 Å². The summed E-state index contributed by atoms with van der Waals surface area (Å²) in [5.74, 6) is 0. The van der Waals surface area contributed by atoms with Gasteiger partial charge in [-0.2, -0.15) is 0 Å². The molecule has 26 heavy (non-hydrogen) atoms. The number of nitrogens with zero attached hydrogens (tertiary/aromatic N) is 3. The number of anilines is 1. The highest BCUT2D eigenvalue weighted by molar-refractivity contribution is 9.10. The predicted molar refractivity (Wildman–Crippen MR) is 107 cm³/mol. The van der Waals surface area contributed by atoms with E-state index in [-0.39, 0.29) is 6.04 Å². The highest BCUT2D eigenvalue weighted by Gasteiger charge is 2.25. The summed E-state index contributed by atoms with van der Waals surface area (Å²) in [5, 5.41) is 13.6. The molecule has 0 aliphatic carbocycles. The predicted octanol–water partition coefficient (Wildman–Crippen LogP) is 5.05. The first kappa shape index (κ1) is 15.6. The Labute approximate surface area is 159 Å². The van der Waals surface area contributed by atoms with Crippen LogP contribution in [0.3, 0.4) is 0 Å². The first-order valence-electron chi connectivity index (χ1n) is 8.72. The van der Waals surface area contributed by atoms with Crippen molar-refractivity contribution in [3.8, 4) is 11.3 Å². The molecule has 0 fully saturated rings. The van der Waals surface area contributed by atoms with E-state index in [2.05, 4.69) is 79.0 Å². The molecule has 3 heterocycles. The Balaban J connectivity index is 1.59. The molecule has 4 aromatic rings. The minimum absolute atomic E-state index is 0.205. The van der Waals surface area contributed by atoms with Crippen LogP contribution in [0.4, 0.5) is 5.69 Å². The van der Waals surface area contributed by atoms with Gasteiger partial charge in [0.05, 0.1) is 17.4 Å². The number of aromatic amines is 1. The molecule has 0 saturated heterocycles. The zero-order chi connectivity index (χ0) is 17.7. The summed E-state index contributed by atoms with van der Waals surface area (Å²) in [6, 6.07) is 15.2. The van der Waals surface area contributed by atoms with Crippen molar-refractivity contribution in [2.24, 2.45) is 0 Å². The molecule has 6 heteroatoms. The van der Waals surface area contributed by atoms with Crippen LogP contribution in [0, 0.1) is 6.92 Å². The Kier molecular flexibility index (Phi) is 3.60. The quantitative estimate of drug-likeness (QED) is 0.488. The molecule has 2 aromatic heterocycles. The maximum atomic E-state index is 4.34. The van der Waals surface area contributed by atoms with Gasteiger partial charge in [0.2, 0.25) is 0 Å². The van der Waals surface area contributed by atoms with Crippen LogP contribution < -0.4 is 5.32 Å². The van der Waals surface area contributed by atoms with Crippen LogP contribution in [0.5, 0.6) is 0 Å². The lowest BCUT2D eigenvalue weighted by molar-refractivity contribution is 0.539. The van der Waals surface area contributed by atoms with Gasteiger partial charge in [0.15, 0.2) is 0 Å². The molecule has 1 aliphatic rings. The second kappa shape index (κ2) is 5.99. The summed E-state index contributed by atoms with van der Waals surface area (Å²) in [6.45, 7) is 2.86. The molecular weight excluding hydrogens is 390 g/mol. The van der Waals surface area contributed by atoms with Gasteiger partial charge in [-0.05, 0) is 54.6 Å². The Morgan fingerprint density at radius 2 is 2.12 bits per heavy atom. The molecule has 1 atom stereocenters. The zero-order valence-electron chi connectivity index (χ0n) is 14.3. The van der Waals surface area contributed by atoms with Crippen molar-refractivity contribution in [2.75, 3.05) is 5.32 Å². The molecule has 0 bridgehead atoms. The van der Waals surface area contributed by atoms with Gasteiger partial charge in [-0.15, -0.1) is 5.10 Å². The van der Waals surface area contributed by atoms with E-state index in [4.69, 9.17) is 0 Å². The van der Waals surface area contributed by atoms with Crippen LogP contribution in [0.25, 0.3) is 22.2 Å². The number of H-pyrrole nitrogens is 1. The lowest BCUT2D eigenvalue weighted by Crippen LogP contribution is -2.12. The molecule has 5 nitrogen and oxygen atoms in total. The standard InChI is InChI=1S/C20H18BrN5/c1-12-20-16-5-3-14(21)10-17(16)18(7-9-26(20)25-24-12)23-15-4-2-13-6-8-22-19(13)11-15/h2-6,8,10-11,18,22-23H,7,9H2,1H3. The summed E-state index contributed by atoms with van der Waals surface area (Å²) in [7, 11) is 0. The second-order valence-corrected chi connectivity index (χ2v) is 7.66. The van der Waals surface area contributed by atoms with Crippen LogP contribution in [-0.2, 0) is 6.54 Å². The van der Waals surface area contributed by atoms with E-state index in [9.17, 15) is 0 Å². The molecule has 0 amide bonds. The number of aromatic nitrogens is 4. The van der Waals surface area contributed by atoms with Crippen LogP contribution in [0.15, 0.2) is 53.1 Å². The fourth-order valence-electron chi connectivity index (χ4n) is 3.82. The van der Waals surface area contributed by atoms with Crippen LogP contribution in [-0.4, -0.2) is 20.0 Å². The van der Waals surface area contributed by atoms with Crippen LogP contribution in [0.2, 0.25) is 0 Å². The molecule has 0 saturated carbocycles. The number of nitrogens with one attached hydrogen (secondary N) is 2. The van der Waals surface area contributed by atoms with E-state index in [1.165, 1.54) is 16.5 Å². The number of hydrogen-bond donors (Lipinski definition) is 2. The molecule has 0 radical (unpaired) electrons. The number of benzene rings is 2. The minimum Gasteiger partial charge on any atom is -0.378 e. The third-order valence-electron chi connectivity index (χ3n) is 5.07. The van der Waals surface area contributed by atoms with Gasteiger partial charge in [0.1, 0.15) is 0 Å². The highest BCUT2D eigenvalue weighted by Crippen LogP contribution is 2.38. The van der Waals surface area contributed by atoms with Crippen molar-refractivity contribution in [1.29, 1.82) is 0 Å². The fourth-order valence-corrected chi connectivity index (χ4v) is 4.20. The van der Waals surface area contributed by atoms with Crippen molar-refractivity contribution >= 4 is 32.5 Å². The van der Waals surface area contributed by atoms with E-state index in [0.717, 1.165) is 40.0 Å². The maximum Gasteiger partial charge on any atom is 0.0918 e. The molecule has 5 rings (SSSR count). The Hall–Kier alpha value is -2.60. The average molecular weight is 408 g/mol. The first-order chi connectivity index (χ1) is 12.7. The number of aryl methyl sites for hydroxylation is 2. The molecule has 0 spiro atoms. The smallest absolute Gasteiger partial charge is 0.0918 e. The molecule has 2 N–H and O–H groups in total. The minimum atomic E-state index is 0.205. The molecule has 2 aromatic carbocycles. The average Bonchev–Trinajstić information content (AvgIpc) is 3.21. The van der Waals surface area contributed by atoms with Gasteiger partial charge >= 0.3 is 0 Å². The van der Waals surface area contributed by atoms with Gasteiger partial charge in [-0.3, -0.25) is 0 Å². The number of hydrogen-bond acceptors (Lipinski definition) is 3. The van der Waals surface area contributed by atoms with Crippen LogP contribution >= 0.6 is 15.9 Å². The Morgan fingerprint density at radius 3 is 3.04 bits per heavy atom. The fraction of sp³-hybridized carbons (Fsp3) is 0.200. The zero-order valence-corrected chi connectivity index (χ0v) is 15.9. The van der Waals surface area contributed by atoms with Crippen molar-refractivity contribution in [3.05, 3.63) is 64.4 Å². The van der Waals surface area contributed by atoms with E-state index < -0.39 is 0 Å². The van der Waals surface area contributed by atoms with E-state index in [1.54, 1.807) is 0 Å². The summed E-state index contributed by atoms with van der Waals surface area (Å²) in [4.78, 5) is 3.29. The third kappa shape index (κ3) is 2.52. The topological polar surface area (TPSA) is 58.5 Å². The largest absolute Gasteiger partial charge is 0.378 e.